The third-order valence-corrected chi connectivity index (χ3v) is 2.92. The van der Waals surface area contributed by atoms with Crippen LogP contribution in [0.2, 0.25) is 0 Å². The molecule has 0 atom stereocenters. The van der Waals surface area contributed by atoms with Crippen molar-refractivity contribution in [3.8, 4) is 0 Å². The number of thioether (sulfide) groups is 1. The predicted molar refractivity (Wildman–Crippen MR) is 61.2 cm³/mol. The van der Waals surface area contributed by atoms with Gasteiger partial charge in [-0.05, 0) is 12.3 Å². The summed E-state index contributed by atoms with van der Waals surface area (Å²) in [7, 11) is 0. The lowest BCUT2D eigenvalue weighted by Crippen LogP contribution is -2.16. The number of benzene rings is 1. The number of aliphatic carboxylic acids is 1. The first kappa shape index (κ1) is 13.2. The summed E-state index contributed by atoms with van der Waals surface area (Å²) in [5, 5.41) is 19.3. The molecule has 0 saturated carbocycles. The van der Waals surface area contributed by atoms with E-state index in [-0.39, 0.29) is 11.3 Å². The first-order chi connectivity index (χ1) is 7.97. The van der Waals surface area contributed by atoms with E-state index in [4.69, 9.17) is 5.11 Å². The van der Waals surface area contributed by atoms with Gasteiger partial charge in [0.25, 0.3) is 5.69 Å². The van der Waals surface area contributed by atoms with E-state index in [1.807, 2.05) is 0 Å². The standard InChI is InChI=1S/C10H9NO5S/c1-17-9-4-2-3-7(11(15)16)6(9)5-8(12)10(13)14/h2-4H,5H2,1H3,(H,13,14). The second kappa shape index (κ2) is 5.44. The van der Waals surface area contributed by atoms with Crippen LogP contribution in [-0.4, -0.2) is 28.0 Å². The SMILES string of the molecule is CSc1cccc([N+](=O)[O-])c1CC(=O)C(=O)O. The number of carboxylic acids is 1. The summed E-state index contributed by atoms with van der Waals surface area (Å²) in [6.07, 6.45) is 1.23. The molecule has 0 aliphatic heterocycles. The number of Topliss-reactive ketones (excluding diaryl/α,β-unsaturated/α-hetero) is 1. The van der Waals surface area contributed by atoms with E-state index in [1.165, 1.54) is 23.9 Å². The van der Waals surface area contributed by atoms with Crippen LogP contribution in [0, 0.1) is 10.1 Å². The Balaban J connectivity index is 3.22. The molecule has 0 fully saturated rings. The molecule has 0 bridgehead atoms. The summed E-state index contributed by atoms with van der Waals surface area (Å²) in [5.74, 6) is -2.65. The number of nitro groups is 1. The summed E-state index contributed by atoms with van der Waals surface area (Å²) in [6, 6.07) is 4.37. The van der Waals surface area contributed by atoms with Gasteiger partial charge in [-0.2, -0.15) is 0 Å². The topological polar surface area (TPSA) is 97.5 Å². The van der Waals surface area contributed by atoms with Gasteiger partial charge in [-0.1, -0.05) is 6.07 Å². The van der Waals surface area contributed by atoms with Crippen LogP contribution in [0.4, 0.5) is 5.69 Å². The van der Waals surface area contributed by atoms with Crippen molar-refractivity contribution in [1.29, 1.82) is 0 Å². The number of nitrogens with zero attached hydrogens (tertiary/aromatic N) is 1. The maximum Gasteiger partial charge on any atom is 0.372 e. The van der Waals surface area contributed by atoms with Crippen molar-refractivity contribution < 1.29 is 19.6 Å². The number of carbonyl (C=O) groups is 2. The fourth-order valence-corrected chi connectivity index (χ4v) is 1.97. The van der Waals surface area contributed by atoms with Gasteiger partial charge in [0, 0.05) is 11.0 Å². The van der Waals surface area contributed by atoms with E-state index in [1.54, 1.807) is 12.3 Å². The van der Waals surface area contributed by atoms with Crippen molar-refractivity contribution in [3.05, 3.63) is 33.9 Å². The Morgan fingerprint density at radius 2 is 2.12 bits per heavy atom. The molecule has 0 aliphatic carbocycles. The van der Waals surface area contributed by atoms with Gasteiger partial charge in [0.05, 0.1) is 16.9 Å². The first-order valence-electron chi connectivity index (χ1n) is 4.53. The number of hydrogen-bond donors (Lipinski definition) is 1. The zero-order chi connectivity index (χ0) is 13.0. The molecule has 0 radical (unpaired) electrons. The maximum absolute atomic E-state index is 11.1. The van der Waals surface area contributed by atoms with Crippen LogP contribution in [0.1, 0.15) is 5.56 Å². The second-order valence-corrected chi connectivity index (χ2v) is 3.97. The molecule has 0 amide bonds. The van der Waals surface area contributed by atoms with Gasteiger partial charge in [-0.25, -0.2) is 4.79 Å². The third-order valence-electron chi connectivity index (χ3n) is 2.10. The number of carboxylic acid groups (broad SMARTS) is 1. The molecule has 1 aromatic rings. The largest absolute Gasteiger partial charge is 0.475 e. The Labute approximate surface area is 101 Å². The van der Waals surface area contributed by atoms with Crippen molar-refractivity contribution >= 4 is 29.2 Å². The Kier molecular flexibility index (Phi) is 4.22. The normalized spacial score (nSPS) is 9.94. The lowest BCUT2D eigenvalue weighted by atomic mass is 10.1. The van der Waals surface area contributed by atoms with Crippen molar-refractivity contribution in [2.45, 2.75) is 11.3 Å². The van der Waals surface area contributed by atoms with Gasteiger partial charge < -0.3 is 5.11 Å². The van der Waals surface area contributed by atoms with Gasteiger partial charge in [0.2, 0.25) is 5.78 Å². The fraction of sp³-hybridized carbons (Fsp3) is 0.200. The van der Waals surface area contributed by atoms with E-state index in [9.17, 15) is 19.7 Å². The van der Waals surface area contributed by atoms with Crippen LogP contribution >= 0.6 is 11.8 Å². The number of nitro benzene ring substituents is 1. The van der Waals surface area contributed by atoms with Crippen molar-refractivity contribution in [3.63, 3.8) is 0 Å². The zero-order valence-electron chi connectivity index (χ0n) is 8.87. The van der Waals surface area contributed by atoms with Crippen molar-refractivity contribution in [2.24, 2.45) is 0 Å². The first-order valence-corrected chi connectivity index (χ1v) is 5.76. The number of carbonyl (C=O) groups excluding carboxylic acids is 1. The molecule has 0 aliphatic rings. The average Bonchev–Trinajstić information content (AvgIpc) is 2.28. The molecule has 1 aromatic carbocycles. The lowest BCUT2D eigenvalue weighted by molar-refractivity contribution is -0.385. The van der Waals surface area contributed by atoms with E-state index in [2.05, 4.69) is 0 Å². The summed E-state index contributed by atoms with van der Waals surface area (Å²) in [5.41, 5.74) is -0.0798. The Morgan fingerprint density at radius 1 is 1.47 bits per heavy atom. The number of ketones is 1. The summed E-state index contributed by atoms with van der Waals surface area (Å²) in [6.45, 7) is 0. The average molecular weight is 255 g/mol. The highest BCUT2D eigenvalue weighted by Gasteiger charge is 2.22. The van der Waals surface area contributed by atoms with E-state index in [0.717, 1.165) is 0 Å². The summed E-state index contributed by atoms with van der Waals surface area (Å²) in [4.78, 5) is 32.3. The van der Waals surface area contributed by atoms with Gasteiger partial charge in [-0.3, -0.25) is 14.9 Å². The molecule has 90 valence electrons. The van der Waals surface area contributed by atoms with Crippen LogP contribution < -0.4 is 0 Å². The quantitative estimate of drug-likeness (QED) is 0.370. The summed E-state index contributed by atoms with van der Waals surface area (Å²) >= 11 is 1.23. The van der Waals surface area contributed by atoms with Crippen LogP contribution in [0.5, 0.6) is 0 Å². The Hall–Kier alpha value is -1.89. The van der Waals surface area contributed by atoms with Crippen LogP contribution in [0.25, 0.3) is 0 Å². The predicted octanol–water partition coefficient (Wildman–Crippen LogP) is 1.51. The number of hydrogen-bond acceptors (Lipinski definition) is 5. The molecule has 7 heteroatoms. The Morgan fingerprint density at radius 3 is 2.59 bits per heavy atom. The van der Waals surface area contributed by atoms with E-state index in [0.29, 0.717) is 4.90 Å². The molecule has 1 N–H and O–H groups in total. The van der Waals surface area contributed by atoms with E-state index < -0.39 is 23.1 Å². The smallest absolute Gasteiger partial charge is 0.372 e. The minimum absolute atomic E-state index is 0.150. The van der Waals surface area contributed by atoms with Gasteiger partial charge in [0.1, 0.15) is 0 Å². The molecule has 0 aromatic heterocycles. The van der Waals surface area contributed by atoms with Crippen molar-refractivity contribution in [1.82, 2.24) is 0 Å². The highest BCUT2D eigenvalue weighted by Crippen LogP contribution is 2.29. The lowest BCUT2D eigenvalue weighted by Gasteiger charge is -2.05. The monoisotopic (exact) mass is 255 g/mol. The minimum atomic E-state index is -1.59. The molecule has 0 unspecified atom stereocenters. The molecule has 17 heavy (non-hydrogen) atoms. The summed E-state index contributed by atoms with van der Waals surface area (Å²) < 4.78 is 0. The molecular formula is C10H9NO5S. The van der Waals surface area contributed by atoms with Crippen LogP contribution in [-0.2, 0) is 16.0 Å². The van der Waals surface area contributed by atoms with Gasteiger partial charge >= 0.3 is 5.97 Å². The molecule has 1 rings (SSSR count). The molecule has 6 nitrogen and oxygen atoms in total. The van der Waals surface area contributed by atoms with Crippen LogP contribution in [0.3, 0.4) is 0 Å². The fourth-order valence-electron chi connectivity index (χ4n) is 1.33. The van der Waals surface area contributed by atoms with Crippen LogP contribution in [0.15, 0.2) is 23.1 Å². The number of rotatable bonds is 5. The Bertz CT molecular complexity index is 486. The molecule has 0 saturated heterocycles. The maximum atomic E-state index is 11.1. The van der Waals surface area contributed by atoms with Crippen molar-refractivity contribution in [2.75, 3.05) is 6.26 Å². The third kappa shape index (κ3) is 3.04. The van der Waals surface area contributed by atoms with E-state index >= 15 is 0 Å². The molecule has 0 heterocycles. The highest BCUT2D eigenvalue weighted by atomic mass is 32.2. The van der Waals surface area contributed by atoms with Gasteiger partial charge in [-0.15, -0.1) is 11.8 Å². The van der Waals surface area contributed by atoms with Gasteiger partial charge in [0.15, 0.2) is 0 Å². The minimum Gasteiger partial charge on any atom is -0.475 e. The zero-order valence-corrected chi connectivity index (χ0v) is 9.69. The second-order valence-electron chi connectivity index (χ2n) is 3.12. The molecular weight excluding hydrogens is 246 g/mol. The molecule has 0 spiro atoms. The highest BCUT2D eigenvalue weighted by molar-refractivity contribution is 7.98.